The summed E-state index contributed by atoms with van der Waals surface area (Å²) in [4.78, 5) is 24.2. The summed E-state index contributed by atoms with van der Waals surface area (Å²) in [6.45, 7) is 4.95. The lowest BCUT2D eigenvalue weighted by atomic mass is 10.1. The van der Waals surface area contributed by atoms with Crippen LogP contribution in [-0.4, -0.2) is 30.9 Å². The number of hydrogen-bond donors (Lipinski definition) is 3. The zero-order valence-electron chi connectivity index (χ0n) is 15.4. The zero-order valence-corrected chi connectivity index (χ0v) is 15.4. The Morgan fingerprint density at radius 2 is 1.81 bits per heavy atom. The van der Waals surface area contributed by atoms with Crippen LogP contribution in [0.3, 0.4) is 0 Å². The normalized spacial score (nSPS) is 11.6. The summed E-state index contributed by atoms with van der Waals surface area (Å²) in [5, 5.41) is 8.88. The first-order valence-electron chi connectivity index (χ1n) is 9.04. The quantitative estimate of drug-likeness (QED) is 0.607. The number of rotatable bonds is 9. The van der Waals surface area contributed by atoms with E-state index in [1.54, 1.807) is 24.3 Å². The van der Waals surface area contributed by atoms with Crippen molar-refractivity contribution >= 4 is 17.5 Å². The van der Waals surface area contributed by atoms with E-state index in [9.17, 15) is 9.59 Å². The number of carbonyl (C=O) groups is 2. The average molecular weight is 353 g/mol. The summed E-state index contributed by atoms with van der Waals surface area (Å²) >= 11 is 0. The molecular weight excluding hydrogens is 326 g/mol. The lowest BCUT2D eigenvalue weighted by Gasteiger charge is -2.12. The summed E-state index contributed by atoms with van der Waals surface area (Å²) < 4.78 is 0. The molecule has 0 aliphatic carbocycles. The van der Waals surface area contributed by atoms with Crippen LogP contribution >= 0.6 is 0 Å². The predicted octanol–water partition coefficient (Wildman–Crippen LogP) is 2.99. The Labute approximate surface area is 155 Å². The Balaban J connectivity index is 1.77. The average Bonchev–Trinajstić information content (AvgIpc) is 2.66. The second-order valence-corrected chi connectivity index (χ2v) is 6.32. The first kappa shape index (κ1) is 19.7. The highest BCUT2D eigenvalue weighted by Gasteiger charge is 2.10. The molecule has 0 aromatic heterocycles. The summed E-state index contributed by atoms with van der Waals surface area (Å²) in [5.74, 6) is -0.256. The van der Waals surface area contributed by atoms with Crippen molar-refractivity contribution < 1.29 is 9.59 Å². The van der Waals surface area contributed by atoms with Gasteiger partial charge in [-0.2, -0.15) is 0 Å². The van der Waals surface area contributed by atoms with Gasteiger partial charge in [-0.1, -0.05) is 43.3 Å². The molecule has 5 nitrogen and oxygen atoms in total. The third-order valence-electron chi connectivity index (χ3n) is 4.12. The molecule has 2 aromatic carbocycles. The summed E-state index contributed by atoms with van der Waals surface area (Å²) in [7, 11) is 0. The lowest BCUT2D eigenvalue weighted by molar-refractivity contribution is -0.115. The summed E-state index contributed by atoms with van der Waals surface area (Å²) in [6.07, 6.45) is 1.75. The van der Waals surface area contributed by atoms with Gasteiger partial charge in [0.2, 0.25) is 5.91 Å². The van der Waals surface area contributed by atoms with Crippen molar-refractivity contribution in [1.82, 2.24) is 10.6 Å². The van der Waals surface area contributed by atoms with E-state index < -0.39 is 0 Å². The van der Waals surface area contributed by atoms with E-state index in [1.807, 2.05) is 32.0 Å². The number of carbonyl (C=O) groups excluding carboxylic acids is 2. The van der Waals surface area contributed by atoms with Gasteiger partial charge < -0.3 is 16.0 Å². The first-order chi connectivity index (χ1) is 12.6. The maximum atomic E-state index is 12.2. The topological polar surface area (TPSA) is 70.2 Å². The molecule has 0 fully saturated rings. The van der Waals surface area contributed by atoms with Gasteiger partial charge in [-0.05, 0) is 50.1 Å². The molecule has 138 valence electrons. The van der Waals surface area contributed by atoms with E-state index in [1.165, 1.54) is 5.56 Å². The lowest BCUT2D eigenvalue weighted by Crippen LogP contribution is -2.32. The van der Waals surface area contributed by atoms with Crippen molar-refractivity contribution in [1.29, 1.82) is 0 Å². The van der Waals surface area contributed by atoms with Crippen molar-refractivity contribution in [2.75, 3.05) is 18.4 Å². The molecule has 1 unspecified atom stereocenters. The largest absolute Gasteiger partial charge is 0.350 e. The van der Waals surface area contributed by atoms with E-state index in [2.05, 4.69) is 28.1 Å². The van der Waals surface area contributed by atoms with Crippen LogP contribution < -0.4 is 16.0 Å². The van der Waals surface area contributed by atoms with Crippen LogP contribution in [0, 0.1) is 0 Å². The molecule has 0 aliphatic rings. The molecule has 0 saturated carbocycles. The number of hydrogen-bond acceptors (Lipinski definition) is 3. The maximum absolute atomic E-state index is 12.2. The smallest absolute Gasteiger partial charge is 0.251 e. The highest BCUT2D eigenvalue weighted by atomic mass is 16.2. The highest BCUT2D eigenvalue weighted by molar-refractivity contribution is 5.97. The molecule has 2 amide bonds. The van der Waals surface area contributed by atoms with Gasteiger partial charge in [0.1, 0.15) is 0 Å². The second kappa shape index (κ2) is 10.4. The predicted molar refractivity (Wildman–Crippen MR) is 105 cm³/mol. The summed E-state index contributed by atoms with van der Waals surface area (Å²) in [6, 6.07) is 17.2. The highest BCUT2D eigenvalue weighted by Crippen LogP contribution is 2.11. The minimum absolute atomic E-state index is 0.120. The number of nitrogens with one attached hydrogen (secondary N) is 3. The fourth-order valence-corrected chi connectivity index (χ4v) is 2.43. The van der Waals surface area contributed by atoms with Gasteiger partial charge in [0.15, 0.2) is 0 Å². The minimum atomic E-state index is -0.128. The minimum Gasteiger partial charge on any atom is -0.350 e. The monoisotopic (exact) mass is 353 g/mol. The van der Waals surface area contributed by atoms with Crippen molar-refractivity contribution in [2.45, 2.75) is 32.7 Å². The van der Waals surface area contributed by atoms with Crippen LogP contribution in [0.5, 0.6) is 0 Å². The van der Waals surface area contributed by atoms with Crippen LogP contribution in [0.25, 0.3) is 0 Å². The number of benzene rings is 2. The second-order valence-electron chi connectivity index (χ2n) is 6.32. The molecule has 3 N–H and O–H groups in total. The molecule has 0 heterocycles. The molecule has 2 rings (SSSR count). The fourth-order valence-electron chi connectivity index (χ4n) is 2.43. The van der Waals surface area contributed by atoms with Gasteiger partial charge in [-0.15, -0.1) is 0 Å². The molecule has 0 saturated heterocycles. The Bertz CT molecular complexity index is 716. The van der Waals surface area contributed by atoms with E-state index >= 15 is 0 Å². The SMILES string of the molecule is CCC(C)NC(=O)c1cccc(NC(=O)CNCCc2ccccc2)c1. The Morgan fingerprint density at radius 1 is 1.04 bits per heavy atom. The van der Waals surface area contributed by atoms with E-state index in [-0.39, 0.29) is 24.4 Å². The van der Waals surface area contributed by atoms with E-state index in [0.29, 0.717) is 11.3 Å². The Morgan fingerprint density at radius 3 is 2.54 bits per heavy atom. The van der Waals surface area contributed by atoms with Gasteiger partial charge in [0, 0.05) is 17.3 Å². The van der Waals surface area contributed by atoms with Gasteiger partial charge in [0.25, 0.3) is 5.91 Å². The first-order valence-corrected chi connectivity index (χ1v) is 9.04. The van der Waals surface area contributed by atoms with Crippen LogP contribution in [0.1, 0.15) is 36.2 Å². The standard InChI is InChI=1S/C21H27N3O2/c1-3-16(2)23-21(26)18-10-7-11-19(14-18)24-20(25)15-22-13-12-17-8-5-4-6-9-17/h4-11,14,16,22H,3,12-13,15H2,1-2H3,(H,23,26)(H,24,25). The number of anilines is 1. The van der Waals surface area contributed by atoms with Gasteiger partial charge >= 0.3 is 0 Å². The van der Waals surface area contributed by atoms with Gasteiger partial charge in [-0.25, -0.2) is 0 Å². The van der Waals surface area contributed by atoms with Crippen LogP contribution in [0.15, 0.2) is 54.6 Å². The van der Waals surface area contributed by atoms with Gasteiger partial charge in [0.05, 0.1) is 6.54 Å². The third-order valence-corrected chi connectivity index (χ3v) is 4.12. The number of amides is 2. The maximum Gasteiger partial charge on any atom is 0.251 e. The molecule has 26 heavy (non-hydrogen) atoms. The van der Waals surface area contributed by atoms with Crippen molar-refractivity contribution in [3.8, 4) is 0 Å². The summed E-state index contributed by atoms with van der Waals surface area (Å²) in [5.41, 5.74) is 2.40. The molecule has 0 bridgehead atoms. The molecule has 0 spiro atoms. The van der Waals surface area contributed by atoms with Crippen LogP contribution in [0.2, 0.25) is 0 Å². The van der Waals surface area contributed by atoms with Crippen molar-refractivity contribution in [3.05, 3.63) is 65.7 Å². The zero-order chi connectivity index (χ0) is 18.8. The molecule has 0 radical (unpaired) electrons. The molecular formula is C21H27N3O2. The fraction of sp³-hybridized carbons (Fsp3) is 0.333. The van der Waals surface area contributed by atoms with Crippen LogP contribution in [0.4, 0.5) is 5.69 Å². The van der Waals surface area contributed by atoms with E-state index in [4.69, 9.17) is 0 Å². The Kier molecular flexibility index (Phi) is 7.83. The molecule has 1 atom stereocenters. The van der Waals surface area contributed by atoms with Crippen LogP contribution in [-0.2, 0) is 11.2 Å². The molecule has 0 aliphatic heterocycles. The van der Waals surface area contributed by atoms with E-state index in [0.717, 1.165) is 19.4 Å². The third kappa shape index (κ3) is 6.69. The van der Waals surface area contributed by atoms with Gasteiger partial charge in [-0.3, -0.25) is 9.59 Å². The van der Waals surface area contributed by atoms with Crippen molar-refractivity contribution in [2.24, 2.45) is 0 Å². The molecule has 5 heteroatoms. The Hall–Kier alpha value is -2.66. The molecule has 2 aromatic rings. The van der Waals surface area contributed by atoms with Crippen molar-refractivity contribution in [3.63, 3.8) is 0 Å².